The van der Waals surface area contributed by atoms with Gasteiger partial charge in [0.25, 0.3) is 0 Å². The lowest BCUT2D eigenvalue weighted by molar-refractivity contribution is -0.141. The standard InChI is InChI=1S/C26H35Cl2N3O4S/c1-5-24(26(33)29-17-19(2)3)30(18-20-13-14-22(27)23(28)16-20)25(32)12-9-15-31(36(4,34)35)21-10-7-6-8-11-21/h6-8,10-11,13-14,16,19,24H,5,9,12,15,17-18H2,1-4H3,(H,29,33)/t24-/m0/s1. The Labute approximate surface area is 224 Å². The number of hydrogen-bond acceptors (Lipinski definition) is 4. The van der Waals surface area contributed by atoms with E-state index in [2.05, 4.69) is 5.32 Å². The monoisotopic (exact) mass is 555 g/mol. The number of para-hydroxylation sites is 1. The third kappa shape index (κ3) is 8.98. The van der Waals surface area contributed by atoms with Crippen LogP contribution >= 0.6 is 23.2 Å². The van der Waals surface area contributed by atoms with Crippen LogP contribution < -0.4 is 9.62 Å². The molecule has 0 aliphatic carbocycles. The van der Waals surface area contributed by atoms with Gasteiger partial charge < -0.3 is 10.2 Å². The Morgan fingerprint density at radius 3 is 2.25 bits per heavy atom. The lowest BCUT2D eigenvalue weighted by atomic mass is 10.1. The summed E-state index contributed by atoms with van der Waals surface area (Å²) in [6, 6.07) is 13.2. The minimum Gasteiger partial charge on any atom is -0.354 e. The molecule has 1 N–H and O–H groups in total. The van der Waals surface area contributed by atoms with Gasteiger partial charge in [0.15, 0.2) is 0 Å². The van der Waals surface area contributed by atoms with E-state index in [4.69, 9.17) is 23.2 Å². The number of carbonyl (C=O) groups is 2. The molecule has 2 rings (SSSR count). The van der Waals surface area contributed by atoms with Crippen molar-refractivity contribution < 1.29 is 18.0 Å². The molecule has 0 heterocycles. The Hall–Kier alpha value is -2.29. The first-order chi connectivity index (χ1) is 16.9. The van der Waals surface area contributed by atoms with Gasteiger partial charge in [-0.05, 0) is 48.6 Å². The van der Waals surface area contributed by atoms with Crippen molar-refractivity contribution in [1.82, 2.24) is 10.2 Å². The summed E-state index contributed by atoms with van der Waals surface area (Å²) in [5, 5.41) is 3.69. The molecule has 1 atom stereocenters. The van der Waals surface area contributed by atoms with Crippen LogP contribution in [0.15, 0.2) is 48.5 Å². The van der Waals surface area contributed by atoms with Gasteiger partial charge in [-0.15, -0.1) is 0 Å². The van der Waals surface area contributed by atoms with Crippen molar-refractivity contribution >= 4 is 50.7 Å². The van der Waals surface area contributed by atoms with Crippen LogP contribution in [0.4, 0.5) is 5.69 Å². The van der Waals surface area contributed by atoms with Gasteiger partial charge in [-0.25, -0.2) is 8.42 Å². The third-order valence-electron chi connectivity index (χ3n) is 5.60. The molecule has 2 amide bonds. The Morgan fingerprint density at radius 2 is 1.69 bits per heavy atom. The summed E-state index contributed by atoms with van der Waals surface area (Å²) in [6.07, 6.45) is 1.94. The van der Waals surface area contributed by atoms with E-state index in [1.54, 1.807) is 47.4 Å². The quantitative estimate of drug-likeness (QED) is 0.371. The fourth-order valence-corrected chi connectivity index (χ4v) is 5.06. The van der Waals surface area contributed by atoms with Gasteiger partial charge in [0.2, 0.25) is 21.8 Å². The molecule has 0 radical (unpaired) electrons. The zero-order valence-electron chi connectivity index (χ0n) is 21.2. The molecule has 0 bridgehead atoms. The molecule has 0 aliphatic rings. The number of rotatable bonds is 13. The Morgan fingerprint density at radius 1 is 1.03 bits per heavy atom. The minimum absolute atomic E-state index is 0.0775. The molecule has 2 aromatic rings. The molecule has 198 valence electrons. The first-order valence-electron chi connectivity index (χ1n) is 12.0. The number of sulfonamides is 1. The minimum atomic E-state index is -3.53. The van der Waals surface area contributed by atoms with Crippen molar-refractivity contribution in [2.45, 2.75) is 52.6 Å². The molecule has 0 fully saturated rings. The van der Waals surface area contributed by atoms with Crippen molar-refractivity contribution in [2.24, 2.45) is 5.92 Å². The number of nitrogens with zero attached hydrogens (tertiary/aromatic N) is 2. The van der Waals surface area contributed by atoms with E-state index in [1.165, 1.54) is 4.31 Å². The van der Waals surface area contributed by atoms with E-state index in [9.17, 15) is 18.0 Å². The van der Waals surface area contributed by atoms with E-state index in [0.29, 0.717) is 35.1 Å². The topological polar surface area (TPSA) is 86.8 Å². The SMILES string of the molecule is CC[C@@H](C(=O)NCC(C)C)N(Cc1ccc(Cl)c(Cl)c1)C(=O)CCCN(c1ccccc1)S(C)(=O)=O. The number of carbonyl (C=O) groups excluding carboxylic acids is 2. The van der Waals surface area contributed by atoms with Gasteiger partial charge in [0.05, 0.1) is 22.0 Å². The van der Waals surface area contributed by atoms with Crippen LogP contribution in [-0.2, 0) is 26.2 Å². The summed E-state index contributed by atoms with van der Waals surface area (Å²) < 4.78 is 26.0. The smallest absolute Gasteiger partial charge is 0.242 e. The van der Waals surface area contributed by atoms with Crippen LogP contribution in [0, 0.1) is 5.92 Å². The second kappa shape index (κ2) is 13.9. The molecule has 36 heavy (non-hydrogen) atoms. The second-order valence-electron chi connectivity index (χ2n) is 9.11. The van der Waals surface area contributed by atoms with E-state index in [-0.39, 0.29) is 37.2 Å². The largest absolute Gasteiger partial charge is 0.354 e. The molecule has 0 aromatic heterocycles. The van der Waals surface area contributed by atoms with Crippen molar-refractivity contribution in [3.63, 3.8) is 0 Å². The summed E-state index contributed by atoms with van der Waals surface area (Å²) in [5.41, 5.74) is 1.29. The molecule has 2 aromatic carbocycles. The maximum atomic E-state index is 13.4. The Bertz CT molecular complexity index is 1130. The Balaban J connectivity index is 2.22. The average Bonchev–Trinajstić information content (AvgIpc) is 2.82. The molecule has 0 spiro atoms. The summed E-state index contributed by atoms with van der Waals surface area (Å²) in [6.45, 7) is 6.68. The lowest BCUT2D eigenvalue weighted by Gasteiger charge is -2.31. The number of halogens is 2. The highest BCUT2D eigenvalue weighted by atomic mass is 35.5. The molecular weight excluding hydrogens is 521 g/mol. The van der Waals surface area contributed by atoms with E-state index in [0.717, 1.165) is 11.8 Å². The van der Waals surface area contributed by atoms with Crippen LogP contribution in [0.25, 0.3) is 0 Å². The summed E-state index contributed by atoms with van der Waals surface area (Å²) in [4.78, 5) is 28.0. The van der Waals surface area contributed by atoms with Crippen LogP contribution in [0.3, 0.4) is 0 Å². The average molecular weight is 557 g/mol. The van der Waals surface area contributed by atoms with E-state index >= 15 is 0 Å². The predicted octanol–water partition coefficient (Wildman–Crippen LogP) is 5.12. The highest BCUT2D eigenvalue weighted by Crippen LogP contribution is 2.25. The third-order valence-corrected chi connectivity index (χ3v) is 7.54. The summed E-state index contributed by atoms with van der Waals surface area (Å²) in [7, 11) is -3.53. The maximum Gasteiger partial charge on any atom is 0.242 e. The highest BCUT2D eigenvalue weighted by Gasteiger charge is 2.29. The van der Waals surface area contributed by atoms with Gasteiger partial charge in [-0.1, -0.05) is 68.2 Å². The first kappa shape index (κ1) is 29.9. The Kier molecular flexibility index (Phi) is 11.5. The van der Waals surface area contributed by atoms with Crippen molar-refractivity contribution in [3.8, 4) is 0 Å². The van der Waals surface area contributed by atoms with E-state index in [1.807, 2.05) is 26.8 Å². The molecular formula is C26H35Cl2N3O4S. The fourth-order valence-electron chi connectivity index (χ4n) is 3.77. The first-order valence-corrected chi connectivity index (χ1v) is 14.6. The predicted molar refractivity (Wildman–Crippen MR) is 147 cm³/mol. The number of amides is 2. The zero-order chi connectivity index (χ0) is 26.9. The van der Waals surface area contributed by atoms with Gasteiger partial charge >= 0.3 is 0 Å². The van der Waals surface area contributed by atoms with Gasteiger partial charge in [-0.3, -0.25) is 13.9 Å². The molecule has 10 heteroatoms. The second-order valence-corrected chi connectivity index (χ2v) is 11.8. The number of hydrogen-bond donors (Lipinski definition) is 1. The number of anilines is 1. The van der Waals surface area contributed by atoms with Crippen molar-refractivity contribution in [1.29, 1.82) is 0 Å². The van der Waals surface area contributed by atoms with Gasteiger partial charge in [-0.2, -0.15) is 0 Å². The molecule has 0 aliphatic heterocycles. The van der Waals surface area contributed by atoms with E-state index < -0.39 is 16.1 Å². The highest BCUT2D eigenvalue weighted by molar-refractivity contribution is 7.92. The van der Waals surface area contributed by atoms with Crippen LogP contribution in [0.1, 0.15) is 45.6 Å². The van der Waals surface area contributed by atoms with Crippen molar-refractivity contribution in [3.05, 3.63) is 64.1 Å². The zero-order valence-corrected chi connectivity index (χ0v) is 23.5. The van der Waals surface area contributed by atoms with Crippen LogP contribution in [-0.4, -0.2) is 50.5 Å². The molecule has 7 nitrogen and oxygen atoms in total. The van der Waals surface area contributed by atoms with Crippen LogP contribution in [0.5, 0.6) is 0 Å². The normalized spacial score (nSPS) is 12.3. The lowest BCUT2D eigenvalue weighted by Crippen LogP contribution is -2.49. The maximum absolute atomic E-state index is 13.4. The fraction of sp³-hybridized carbons (Fsp3) is 0.462. The number of nitrogens with one attached hydrogen (secondary N) is 1. The molecule has 0 unspecified atom stereocenters. The van der Waals surface area contributed by atoms with Gasteiger partial charge in [0.1, 0.15) is 6.04 Å². The number of benzene rings is 2. The summed E-state index contributed by atoms with van der Waals surface area (Å²) in [5.74, 6) is -0.193. The van der Waals surface area contributed by atoms with Crippen molar-refractivity contribution in [2.75, 3.05) is 23.7 Å². The summed E-state index contributed by atoms with van der Waals surface area (Å²) >= 11 is 12.2. The van der Waals surface area contributed by atoms with Crippen LogP contribution in [0.2, 0.25) is 10.0 Å². The van der Waals surface area contributed by atoms with Gasteiger partial charge in [0, 0.05) is 26.1 Å². The molecule has 0 saturated carbocycles. The molecule has 0 saturated heterocycles.